The minimum Gasteiger partial charge on any atom is -0.361 e. The quantitative estimate of drug-likeness (QED) is 0.473. The highest BCUT2D eigenvalue weighted by Gasteiger charge is 2.49. The molecule has 0 saturated heterocycles. The van der Waals surface area contributed by atoms with Gasteiger partial charge < -0.3 is 5.32 Å². The fourth-order valence-electron chi connectivity index (χ4n) is 5.56. The Kier molecular flexibility index (Phi) is 5.58. The molecule has 0 amide bonds. The van der Waals surface area contributed by atoms with E-state index in [9.17, 15) is 22.8 Å². The van der Waals surface area contributed by atoms with Crippen LogP contribution in [0.5, 0.6) is 0 Å². The molecule has 1 N–H and O–H groups in total. The van der Waals surface area contributed by atoms with Crippen molar-refractivity contribution in [2.45, 2.75) is 58.0 Å². The first-order valence-electron chi connectivity index (χ1n) is 11.6. The molecule has 1 spiro atoms. The van der Waals surface area contributed by atoms with E-state index in [1.807, 2.05) is 31.4 Å². The Morgan fingerprint density at radius 1 is 1.12 bits per heavy atom. The lowest BCUT2D eigenvalue weighted by Gasteiger charge is -2.48. The average Bonchev–Trinajstić information content (AvgIpc) is 3.30. The average molecular weight is 486 g/mol. The Balaban J connectivity index is 1.63. The van der Waals surface area contributed by atoms with Crippen LogP contribution >= 0.6 is 11.3 Å². The molecule has 1 unspecified atom stereocenters. The lowest BCUT2D eigenvalue weighted by Crippen LogP contribution is -2.44. The minimum atomic E-state index is -4.47. The third-order valence-corrected chi connectivity index (χ3v) is 8.34. The number of thiophene rings is 1. The zero-order chi connectivity index (χ0) is 24.3. The maximum Gasteiger partial charge on any atom is 0.416 e. The van der Waals surface area contributed by atoms with Gasteiger partial charge >= 0.3 is 6.18 Å². The summed E-state index contributed by atoms with van der Waals surface area (Å²) < 4.78 is 39.2. The Labute approximate surface area is 200 Å². The second-order valence-corrected chi connectivity index (χ2v) is 11.0. The summed E-state index contributed by atoms with van der Waals surface area (Å²) in [7, 11) is 0. The highest BCUT2D eigenvalue weighted by atomic mass is 32.1. The van der Waals surface area contributed by atoms with E-state index < -0.39 is 17.7 Å². The van der Waals surface area contributed by atoms with Gasteiger partial charge in [0.1, 0.15) is 0 Å². The largest absolute Gasteiger partial charge is 0.416 e. The summed E-state index contributed by atoms with van der Waals surface area (Å²) in [6.07, 6.45) is 0.0380. The van der Waals surface area contributed by atoms with Crippen molar-refractivity contribution in [2.24, 2.45) is 11.3 Å². The number of dihydropyridines is 1. The van der Waals surface area contributed by atoms with Crippen LogP contribution in [0.1, 0.15) is 72.7 Å². The first-order valence-corrected chi connectivity index (χ1v) is 12.5. The molecule has 178 valence electrons. The molecule has 1 aliphatic heterocycles. The van der Waals surface area contributed by atoms with Gasteiger partial charge in [-0.3, -0.25) is 9.59 Å². The van der Waals surface area contributed by atoms with Crippen molar-refractivity contribution in [3.63, 3.8) is 0 Å². The lowest BCUT2D eigenvalue weighted by molar-refractivity contribution is -0.137. The maximum atomic E-state index is 13.8. The molecule has 34 heavy (non-hydrogen) atoms. The van der Waals surface area contributed by atoms with Crippen LogP contribution in [0.25, 0.3) is 0 Å². The molecule has 1 saturated carbocycles. The number of hydrogen-bond acceptors (Lipinski definition) is 4. The highest BCUT2D eigenvalue weighted by Crippen LogP contribution is 2.55. The van der Waals surface area contributed by atoms with Crippen molar-refractivity contribution in [2.75, 3.05) is 0 Å². The van der Waals surface area contributed by atoms with Crippen LogP contribution in [0.3, 0.4) is 0 Å². The Morgan fingerprint density at radius 2 is 1.82 bits per heavy atom. The fourth-order valence-corrected chi connectivity index (χ4v) is 6.40. The van der Waals surface area contributed by atoms with Gasteiger partial charge in [-0.25, -0.2) is 0 Å². The monoisotopic (exact) mass is 485 g/mol. The van der Waals surface area contributed by atoms with Crippen molar-refractivity contribution in [3.8, 4) is 0 Å². The van der Waals surface area contributed by atoms with Gasteiger partial charge in [0.05, 0.1) is 11.5 Å². The van der Waals surface area contributed by atoms with E-state index >= 15 is 0 Å². The van der Waals surface area contributed by atoms with Crippen LogP contribution in [0.4, 0.5) is 13.2 Å². The number of halogens is 3. The van der Waals surface area contributed by atoms with Crippen LogP contribution in [0.15, 0.2) is 64.3 Å². The third-order valence-electron chi connectivity index (χ3n) is 7.40. The molecule has 2 aromatic rings. The van der Waals surface area contributed by atoms with E-state index in [1.165, 1.54) is 23.5 Å². The molecular weight excluding hydrogens is 459 g/mol. The van der Waals surface area contributed by atoms with E-state index in [-0.39, 0.29) is 28.5 Å². The van der Waals surface area contributed by atoms with Gasteiger partial charge in [0.2, 0.25) is 0 Å². The van der Waals surface area contributed by atoms with Crippen LogP contribution in [0.2, 0.25) is 0 Å². The smallest absolute Gasteiger partial charge is 0.361 e. The van der Waals surface area contributed by atoms with Crippen LogP contribution in [-0.4, -0.2) is 11.6 Å². The van der Waals surface area contributed by atoms with E-state index in [0.29, 0.717) is 17.6 Å². The number of Topliss-reactive ketones (excluding diaryl/α,β-unsaturated/α-hetero) is 2. The van der Waals surface area contributed by atoms with Crippen LogP contribution in [0, 0.1) is 11.3 Å². The normalized spacial score (nSPS) is 22.1. The first kappa shape index (κ1) is 23.1. The zero-order valence-corrected chi connectivity index (χ0v) is 19.9. The standard InChI is InChI=1S/C27H26F3NO2S/c1-15(2)24-23(25(33)16-6-8-17(9-7-16)27(28,29)30)22(20-5-3-12-34-20)21-18(31-24)13-26(10-4-11-26)14-19(21)32/h3,5-9,12,15,22,31H,4,10-11,13-14H2,1-2H3. The minimum absolute atomic E-state index is 0.0277. The highest BCUT2D eigenvalue weighted by molar-refractivity contribution is 7.10. The summed E-state index contributed by atoms with van der Waals surface area (Å²) in [5, 5.41) is 5.40. The zero-order valence-electron chi connectivity index (χ0n) is 19.1. The molecule has 3 nitrogen and oxygen atoms in total. The summed E-state index contributed by atoms with van der Waals surface area (Å²) in [5.74, 6) is -0.799. The number of hydrogen-bond donors (Lipinski definition) is 1. The molecule has 1 fully saturated rings. The number of allylic oxidation sites excluding steroid dienone is 4. The summed E-state index contributed by atoms with van der Waals surface area (Å²) in [5.41, 5.74) is 2.21. The van der Waals surface area contributed by atoms with Gasteiger partial charge in [-0.1, -0.05) is 38.5 Å². The van der Waals surface area contributed by atoms with Gasteiger partial charge in [-0.2, -0.15) is 13.2 Å². The molecule has 5 rings (SSSR count). The molecular formula is C27H26F3NO2S. The predicted octanol–water partition coefficient (Wildman–Crippen LogP) is 7.03. The van der Waals surface area contributed by atoms with Crippen molar-refractivity contribution >= 4 is 22.9 Å². The Morgan fingerprint density at radius 3 is 2.35 bits per heavy atom. The van der Waals surface area contributed by atoms with Gasteiger partial charge in [0.15, 0.2) is 11.6 Å². The number of ketones is 2. The molecule has 0 radical (unpaired) electrons. The molecule has 1 aromatic carbocycles. The number of nitrogens with one attached hydrogen (secondary N) is 1. The fraction of sp³-hybridized carbons (Fsp3) is 0.407. The van der Waals surface area contributed by atoms with Crippen molar-refractivity contribution in [1.29, 1.82) is 0 Å². The molecule has 3 aliphatic rings. The number of carbonyl (C=O) groups excluding carboxylic acids is 2. The number of carbonyl (C=O) groups is 2. The van der Waals surface area contributed by atoms with Gasteiger partial charge in [0, 0.05) is 39.4 Å². The predicted molar refractivity (Wildman–Crippen MR) is 125 cm³/mol. The molecule has 1 atom stereocenters. The molecule has 2 heterocycles. The molecule has 0 bridgehead atoms. The van der Waals surface area contributed by atoms with Crippen LogP contribution in [-0.2, 0) is 11.0 Å². The lowest BCUT2D eigenvalue weighted by atomic mass is 9.58. The summed E-state index contributed by atoms with van der Waals surface area (Å²) in [6, 6.07) is 8.18. The molecule has 7 heteroatoms. The molecule has 1 aromatic heterocycles. The van der Waals surface area contributed by atoms with E-state index in [1.54, 1.807) is 0 Å². The molecule has 2 aliphatic carbocycles. The third kappa shape index (κ3) is 3.84. The topological polar surface area (TPSA) is 46.2 Å². The second kappa shape index (κ2) is 8.22. The van der Waals surface area contributed by atoms with Crippen molar-refractivity contribution in [3.05, 3.63) is 80.3 Å². The van der Waals surface area contributed by atoms with Crippen molar-refractivity contribution < 1.29 is 22.8 Å². The maximum absolute atomic E-state index is 13.8. The summed E-state index contributed by atoms with van der Waals surface area (Å²) >= 11 is 1.49. The first-order chi connectivity index (χ1) is 16.1. The SMILES string of the molecule is CC(C)C1=C(C(=O)c2ccc(C(F)(F)F)cc2)C(c2cccs2)C2=C(CC3(CCC3)CC2=O)N1. The van der Waals surface area contributed by atoms with Crippen molar-refractivity contribution in [1.82, 2.24) is 5.32 Å². The summed E-state index contributed by atoms with van der Waals surface area (Å²) in [4.78, 5) is 28.3. The van der Waals surface area contributed by atoms with E-state index in [4.69, 9.17) is 0 Å². The number of benzene rings is 1. The summed E-state index contributed by atoms with van der Waals surface area (Å²) in [6.45, 7) is 3.98. The van der Waals surface area contributed by atoms with E-state index in [2.05, 4.69) is 5.32 Å². The number of alkyl halides is 3. The van der Waals surface area contributed by atoms with Gasteiger partial charge in [-0.05, 0) is 54.2 Å². The number of rotatable bonds is 4. The van der Waals surface area contributed by atoms with Crippen LogP contribution < -0.4 is 5.32 Å². The Bertz CT molecular complexity index is 1200. The second-order valence-electron chi connectivity index (χ2n) is 9.98. The Hall–Kier alpha value is -2.67. The van der Waals surface area contributed by atoms with Gasteiger partial charge in [0.25, 0.3) is 0 Å². The van der Waals surface area contributed by atoms with Gasteiger partial charge in [-0.15, -0.1) is 11.3 Å². The van der Waals surface area contributed by atoms with E-state index in [0.717, 1.165) is 54.1 Å².